The van der Waals surface area contributed by atoms with Gasteiger partial charge < -0.3 is 20.9 Å². The number of guanidine groups is 1. The maximum Gasteiger partial charge on any atom is 0.251 e. The molecule has 0 aromatic heterocycles. The molecule has 156 valence electrons. The van der Waals surface area contributed by atoms with Gasteiger partial charge in [0.2, 0.25) is 0 Å². The van der Waals surface area contributed by atoms with Crippen molar-refractivity contribution in [1.29, 1.82) is 0 Å². The highest BCUT2D eigenvalue weighted by Crippen LogP contribution is 2.14. The van der Waals surface area contributed by atoms with Crippen LogP contribution < -0.4 is 16.0 Å². The third-order valence-electron chi connectivity index (χ3n) is 4.36. The Hall–Kier alpha value is -2.57. The van der Waals surface area contributed by atoms with Gasteiger partial charge in [0.1, 0.15) is 0 Å². The highest BCUT2D eigenvalue weighted by Gasteiger charge is 2.07. The Morgan fingerprint density at radius 3 is 2.55 bits per heavy atom. The van der Waals surface area contributed by atoms with Gasteiger partial charge in [-0.2, -0.15) is 0 Å². The lowest BCUT2D eigenvalue weighted by Crippen LogP contribution is -2.38. The molecular formula is C22H30ClN5O. The van der Waals surface area contributed by atoms with Crippen molar-refractivity contribution in [3.05, 3.63) is 70.2 Å². The molecule has 3 N–H and O–H groups in total. The number of amides is 1. The van der Waals surface area contributed by atoms with Crippen LogP contribution in [0.1, 0.15) is 21.5 Å². The third kappa shape index (κ3) is 8.13. The van der Waals surface area contributed by atoms with Crippen LogP contribution in [0, 0.1) is 0 Å². The third-order valence-corrected chi connectivity index (χ3v) is 4.73. The molecule has 0 aliphatic heterocycles. The van der Waals surface area contributed by atoms with E-state index in [-0.39, 0.29) is 5.91 Å². The number of hydrogen-bond acceptors (Lipinski definition) is 3. The number of aliphatic imine (C=N–C) groups is 1. The van der Waals surface area contributed by atoms with Crippen LogP contribution in [0.25, 0.3) is 0 Å². The molecule has 2 rings (SSSR count). The fraction of sp³-hybridized carbons (Fsp3) is 0.364. The summed E-state index contributed by atoms with van der Waals surface area (Å²) in [5.74, 6) is 0.647. The van der Waals surface area contributed by atoms with E-state index in [0.717, 1.165) is 35.7 Å². The van der Waals surface area contributed by atoms with Gasteiger partial charge in [-0.05, 0) is 49.8 Å². The molecule has 6 nitrogen and oxygen atoms in total. The van der Waals surface area contributed by atoms with E-state index in [1.54, 1.807) is 7.05 Å². The van der Waals surface area contributed by atoms with Gasteiger partial charge in [-0.25, -0.2) is 0 Å². The van der Waals surface area contributed by atoms with Crippen LogP contribution in [0.5, 0.6) is 0 Å². The zero-order valence-electron chi connectivity index (χ0n) is 17.3. The molecular weight excluding hydrogens is 386 g/mol. The van der Waals surface area contributed by atoms with Gasteiger partial charge in [-0.1, -0.05) is 41.9 Å². The Balaban J connectivity index is 1.81. The average Bonchev–Trinajstić information content (AvgIpc) is 2.71. The van der Waals surface area contributed by atoms with Crippen LogP contribution in [-0.2, 0) is 13.0 Å². The van der Waals surface area contributed by atoms with Crippen molar-refractivity contribution < 1.29 is 4.79 Å². The van der Waals surface area contributed by atoms with Crippen LogP contribution in [-0.4, -0.2) is 57.5 Å². The molecule has 7 heteroatoms. The standard InChI is InChI=1S/C22H30ClN5O/c1-24-22(26-12-11-18-8-4-5-10-20(18)23)27-16-17-7-6-9-19(15-17)21(29)25-13-14-28(2)3/h4-10,15H,11-14,16H2,1-3H3,(H,25,29)(H2,24,26,27). The van der Waals surface area contributed by atoms with Gasteiger partial charge >= 0.3 is 0 Å². The van der Waals surface area contributed by atoms with E-state index < -0.39 is 0 Å². The zero-order chi connectivity index (χ0) is 21.1. The number of rotatable bonds is 9. The van der Waals surface area contributed by atoms with Crippen LogP contribution in [0.15, 0.2) is 53.5 Å². The maximum atomic E-state index is 12.3. The van der Waals surface area contributed by atoms with E-state index in [4.69, 9.17) is 11.6 Å². The minimum absolute atomic E-state index is 0.0593. The first-order valence-electron chi connectivity index (χ1n) is 9.69. The first kappa shape index (κ1) is 22.7. The van der Waals surface area contributed by atoms with E-state index >= 15 is 0 Å². The molecule has 0 saturated carbocycles. The molecule has 0 aliphatic rings. The second-order valence-electron chi connectivity index (χ2n) is 6.95. The zero-order valence-corrected chi connectivity index (χ0v) is 18.1. The summed E-state index contributed by atoms with van der Waals surface area (Å²) in [6.45, 7) is 2.72. The second-order valence-corrected chi connectivity index (χ2v) is 7.36. The van der Waals surface area contributed by atoms with Crippen molar-refractivity contribution in [2.75, 3.05) is 40.8 Å². The van der Waals surface area contributed by atoms with Gasteiger partial charge in [0.15, 0.2) is 5.96 Å². The molecule has 0 aliphatic carbocycles. The van der Waals surface area contributed by atoms with Gasteiger partial charge in [0, 0.05) is 43.8 Å². The number of benzene rings is 2. The first-order valence-corrected chi connectivity index (χ1v) is 10.1. The maximum absolute atomic E-state index is 12.3. The van der Waals surface area contributed by atoms with Crippen molar-refractivity contribution in [3.63, 3.8) is 0 Å². The normalized spacial score (nSPS) is 11.4. The molecule has 0 spiro atoms. The van der Waals surface area contributed by atoms with Crippen LogP contribution in [0.2, 0.25) is 5.02 Å². The highest BCUT2D eigenvalue weighted by molar-refractivity contribution is 6.31. The molecule has 29 heavy (non-hydrogen) atoms. The lowest BCUT2D eigenvalue weighted by Gasteiger charge is -2.13. The summed E-state index contributed by atoms with van der Waals surface area (Å²) < 4.78 is 0. The summed E-state index contributed by atoms with van der Waals surface area (Å²) in [5.41, 5.74) is 2.77. The minimum atomic E-state index is -0.0593. The fourth-order valence-corrected chi connectivity index (χ4v) is 2.97. The van der Waals surface area contributed by atoms with E-state index in [2.05, 4.69) is 20.9 Å². The van der Waals surface area contributed by atoms with E-state index in [0.29, 0.717) is 24.6 Å². The van der Waals surface area contributed by atoms with Crippen molar-refractivity contribution in [1.82, 2.24) is 20.9 Å². The summed E-state index contributed by atoms with van der Waals surface area (Å²) in [6, 6.07) is 15.4. The quantitative estimate of drug-likeness (QED) is 0.435. The smallest absolute Gasteiger partial charge is 0.251 e. The molecule has 0 atom stereocenters. The minimum Gasteiger partial charge on any atom is -0.356 e. The van der Waals surface area contributed by atoms with Gasteiger partial charge in [0.25, 0.3) is 5.91 Å². The first-order chi connectivity index (χ1) is 14.0. The van der Waals surface area contributed by atoms with Crippen molar-refractivity contribution >= 4 is 23.5 Å². The second kappa shape index (κ2) is 12.1. The Bertz CT molecular complexity index is 822. The van der Waals surface area contributed by atoms with Crippen molar-refractivity contribution in [2.24, 2.45) is 4.99 Å². The topological polar surface area (TPSA) is 68.8 Å². The molecule has 0 saturated heterocycles. The molecule has 0 bridgehead atoms. The molecule has 0 fully saturated rings. The van der Waals surface area contributed by atoms with E-state index in [9.17, 15) is 4.79 Å². The van der Waals surface area contributed by atoms with Gasteiger partial charge in [-0.15, -0.1) is 0 Å². The van der Waals surface area contributed by atoms with Crippen LogP contribution in [0.3, 0.4) is 0 Å². The number of hydrogen-bond donors (Lipinski definition) is 3. The Kier molecular flexibility index (Phi) is 9.47. The molecule has 0 heterocycles. The molecule has 0 unspecified atom stereocenters. The SMILES string of the molecule is CN=C(NCCc1ccccc1Cl)NCc1cccc(C(=O)NCCN(C)C)c1. The molecule has 0 radical (unpaired) electrons. The average molecular weight is 416 g/mol. The molecule has 2 aromatic rings. The van der Waals surface area contributed by atoms with Gasteiger partial charge in [0.05, 0.1) is 0 Å². The lowest BCUT2D eigenvalue weighted by molar-refractivity contribution is 0.0951. The van der Waals surface area contributed by atoms with Crippen molar-refractivity contribution in [2.45, 2.75) is 13.0 Å². The largest absolute Gasteiger partial charge is 0.356 e. The van der Waals surface area contributed by atoms with Gasteiger partial charge in [-0.3, -0.25) is 9.79 Å². The Morgan fingerprint density at radius 2 is 1.83 bits per heavy atom. The van der Waals surface area contributed by atoms with Crippen LogP contribution >= 0.6 is 11.6 Å². The summed E-state index contributed by atoms with van der Waals surface area (Å²) in [7, 11) is 5.70. The fourth-order valence-electron chi connectivity index (χ4n) is 2.74. The highest BCUT2D eigenvalue weighted by atomic mass is 35.5. The summed E-state index contributed by atoms with van der Waals surface area (Å²) in [6.07, 6.45) is 0.809. The number of nitrogens with zero attached hydrogens (tertiary/aromatic N) is 2. The number of nitrogens with one attached hydrogen (secondary N) is 3. The Labute approximate surface area is 178 Å². The van der Waals surface area contributed by atoms with E-state index in [1.165, 1.54) is 0 Å². The number of likely N-dealkylation sites (N-methyl/N-ethyl adjacent to an activating group) is 1. The molecule has 2 aromatic carbocycles. The summed E-state index contributed by atoms with van der Waals surface area (Å²) in [4.78, 5) is 18.6. The number of carbonyl (C=O) groups excluding carboxylic acids is 1. The van der Waals surface area contributed by atoms with E-state index in [1.807, 2.05) is 67.5 Å². The molecule has 1 amide bonds. The lowest BCUT2D eigenvalue weighted by atomic mass is 10.1. The summed E-state index contributed by atoms with van der Waals surface area (Å²) in [5, 5.41) is 10.3. The Morgan fingerprint density at radius 1 is 1.03 bits per heavy atom. The predicted octanol–water partition coefficient (Wildman–Crippen LogP) is 2.54. The number of halogens is 1. The monoisotopic (exact) mass is 415 g/mol. The summed E-state index contributed by atoms with van der Waals surface area (Å²) >= 11 is 6.19. The van der Waals surface area contributed by atoms with Crippen molar-refractivity contribution in [3.8, 4) is 0 Å². The van der Waals surface area contributed by atoms with Crippen LogP contribution in [0.4, 0.5) is 0 Å². The number of carbonyl (C=O) groups is 1. The predicted molar refractivity (Wildman–Crippen MR) is 121 cm³/mol.